The maximum atomic E-state index is 13.5. The lowest BCUT2D eigenvalue weighted by atomic mass is 10.1. The van der Waals surface area contributed by atoms with Crippen molar-refractivity contribution in [2.45, 2.75) is 43.8 Å². The van der Waals surface area contributed by atoms with Gasteiger partial charge in [-0.3, -0.25) is 14.5 Å². The number of nitrogens with zero attached hydrogens (tertiary/aromatic N) is 2. The number of amides is 2. The Morgan fingerprint density at radius 1 is 1.00 bits per heavy atom. The number of carbonyl (C=O) groups is 2. The van der Waals surface area contributed by atoms with Gasteiger partial charge in [0.2, 0.25) is 11.8 Å². The molecule has 0 N–H and O–H groups in total. The van der Waals surface area contributed by atoms with Crippen molar-refractivity contribution in [3.05, 3.63) is 58.1 Å². The summed E-state index contributed by atoms with van der Waals surface area (Å²) in [6.07, 6.45) is 4.77. The SMILES string of the molecule is CN(C)C(=O)Cc1ccccc1N(C(=O)CCCCC1CCSS1)c1c(Cl)cccc1Cl. The number of para-hydroxylation sites is 2. The Morgan fingerprint density at radius 2 is 1.72 bits per heavy atom. The minimum absolute atomic E-state index is 0.0398. The van der Waals surface area contributed by atoms with Crippen molar-refractivity contribution in [2.75, 3.05) is 24.7 Å². The number of anilines is 2. The van der Waals surface area contributed by atoms with Crippen molar-refractivity contribution < 1.29 is 9.59 Å². The highest BCUT2D eigenvalue weighted by atomic mass is 35.5. The largest absolute Gasteiger partial charge is 0.349 e. The number of likely N-dealkylation sites (N-methyl/N-ethyl adjacent to an activating group) is 1. The van der Waals surface area contributed by atoms with E-state index in [0.717, 1.165) is 24.8 Å². The van der Waals surface area contributed by atoms with E-state index < -0.39 is 0 Å². The first-order chi connectivity index (χ1) is 15.4. The summed E-state index contributed by atoms with van der Waals surface area (Å²) in [5.74, 6) is 1.11. The highest BCUT2D eigenvalue weighted by Crippen LogP contribution is 2.41. The van der Waals surface area contributed by atoms with Gasteiger partial charge in [-0.1, -0.05) is 75.5 Å². The summed E-state index contributed by atoms with van der Waals surface area (Å²) in [4.78, 5) is 29.1. The molecule has 2 amide bonds. The topological polar surface area (TPSA) is 40.6 Å². The molecular formula is C24H28Cl2N2O2S2. The molecule has 1 saturated heterocycles. The third-order valence-electron chi connectivity index (χ3n) is 5.38. The quantitative estimate of drug-likeness (QED) is 0.268. The second-order valence-corrected chi connectivity index (χ2v) is 11.6. The van der Waals surface area contributed by atoms with E-state index in [1.807, 2.05) is 45.9 Å². The molecule has 0 bridgehead atoms. The summed E-state index contributed by atoms with van der Waals surface area (Å²) in [5.41, 5.74) is 1.87. The van der Waals surface area contributed by atoms with E-state index in [4.69, 9.17) is 23.2 Å². The highest BCUT2D eigenvalue weighted by molar-refractivity contribution is 8.77. The van der Waals surface area contributed by atoms with Gasteiger partial charge in [0, 0.05) is 31.5 Å². The summed E-state index contributed by atoms with van der Waals surface area (Å²) in [6, 6.07) is 12.7. The number of halogens is 2. The zero-order valence-corrected chi connectivity index (χ0v) is 21.5. The standard InChI is InChI=1S/C24H28Cl2N2O2S2/c1-27(2)23(30)16-17-8-3-5-12-21(17)28(24-19(25)10-7-11-20(24)26)22(29)13-6-4-9-18-14-15-31-32-18/h3,5,7-8,10-12,18H,4,6,9,13-16H2,1-2H3. The lowest BCUT2D eigenvalue weighted by Crippen LogP contribution is -2.29. The van der Waals surface area contributed by atoms with Crippen LogP contribution in [-0.2, 0) is 16.0 Å². The van der Waals surface area contributed by atoms with E-state index in [-0.39, 0.29) is 18.2 Å². The molecule has 2 aromatic rings. The van der Waals surface area contributed by atoms with Gasteiger partial charge in [-0.25, -0.2) is 0 Å². The lowest BCUT2D eigenvalue weighted by molar-refractivity contribution is -0.128. The van der Waals surface area contributed by atoms with Crippen LogP contribution < -0.4 is 4.90 Å². The van der Waals surface area contributed by atoms with Gasteiger partial charge in [0.1, 0.15) is 0 Å². The van der Waals surface area contributed by atoms with Gasteiger partial charge in [-0.05, 0) is 43.0 Å². The third-order valence-corrected chi connectivity index (χ3v) is 8.99. The van der Waals surface area contributed by atoms with Crippen LogP contribution in [0.15, 0.2) is 42.5 Å². The average Bonchev–Trinajstić information content (AvgIpc) is 3.28. The Kier molecular flexibility index (Phi) is 9.65. The van der Waals surface area contributed by atoms with Crippen molar-refractivity contribution in [3.63, 3.8) is 0 Å². The average molecular weight is 512 g/mol. The van der Waals surface area contributed by atoms with Gasteiger partial charge < -0.3 is 4.90 Å². The molecule has 3 rings (SSSR count). The summed E-state index contributed by atoms with van der Waals surface area (Å²) in [6.45, 7) is 0. The first-order valence-corrected chi connectivity index (χ1v) is 13.9. The molecule has 1 heterocycles. The van der Waals surface area contributed by atoms with Crippen LogP contribution >= 0.6 is 44.8 Å². The second-order valence-electron chi connectivity index (χ2n) is 7.97. The Morgan fingerprint density at radius 3 is 2.38 bits per heavy atom. The number of unbranched alkanes of at least 4 members (excludes halogenated alkanes) is 1. The van der Waals surface area contributed by atoms with Gasteiger partial charge in [-0.2, -0.15) is 0 Å². The van der Waals surface area contributed by atoms with Crippen molar-refractivity contribution >= 4 is 68.0 Å². The zero-order chi connectivity index (χ0) is 23.1. The summed E-state index contributed by atoms with van der Waals surface area (Å²) in [5, 5.41) is 1.50. The molecule has 1 atom stereocenters. The molecule has 32 heavy (non-hydrogen) atoms. The zero-order valence-electron chi connectivity index (χ0n) is 18.4. The monoisotopic (exact) mass is 510 g/mol. The molecule has 2 aromatic carbocycles. The van der Waals surface area contributed by atoms with Crippen molar-refractivity contribution in [1.29, 1.82) is 0 Å². The molecule has 1 fully saturated rings. The fraction of sp³-hybridized carbons (Fsp3) is 0.417. The fourth-order valence-corrected chi connectivity index (χ4v) is 7.20. The number of hydrogen-bond acceptors (Lipinski definition) is 4. The number of rotatable bonds is 9. The number of carbonyl (C=O) groups excluding carboxylic acids is 2. The van der Waals surface area contributed by atoms with Crippen LogP contribution in [0.3, 0.4) is 0 Å². The molecule has 0 spiro atoms. The van der Waals surface area contributed by atoms with Gasteiger partial charge in [0.15, 0.2) is 0 Å². The Hall–Kier alpha value is -1.34. The van der Waals surface area contributed by atoms with Gasteiger partial charge in [0.05, 0.1) is 27.8 Å². The molecule has 0 saturated carbocycles. The molecular weight excluding hydrogens is 483 g/mol. The number of hydrogen-bond donors (Lipinski definition) is 0. The third kappa shape index (κ3) is 6.60. The van der Waals surface area contributed by atoms with E-state index >= 15 is 0 Å². The summed E-state index contributed by atoms with van der Waals surface area (Å²) >= 11 is 13.0. The van der Waals surface area contributed by atoms with Crippen molar-refractivity contribution in [3.8, 4) is 0 Å². The van der Waals surface area contributed by atoms with Crippen LogP contribution in [-0.4, -0.2) is 41.8 Å². The van der Waals surface area contributed by atoms with Crippen LogP contribution in [0.1, 0.15) is 37.7 Å². The summed E-state index contributed by atoms with van der Waals surface area (Å²) in [7, 11) is 7.35. The molecule has 0 radical (unpaired) electrons. The predicted octanol–water partition coefficient (Wildman–Crippen LogP) is 7.00. The van der Waals surface area contributed by atoms with Crippen molar-refractivity contribution in [2.24, 2.45) is 0 Å². The predicted molar refractivity (Wildman–Crippen MR) is 139 cm³/mol. The summed E-state index contributed by atoms with van der Waals surface area (Å²) < 4.78 is 0. The van der Waals surface area contributed by atoms with Gasteiger partial charge >= 0.3 is 0 Å². The maximum Gasteiger partial charge on any atom is 0.231 e. The molecule has 1 aliphatic heterocycles. The normalized spacial score (nSPS) is 15.6. The van der Waals surface area contributed by atoms with Crippen LogP contribution in [0.2, 0.25) is 10.0 Å². The minimum Gasteiger partial charge on any atom is -0.349 e. The Bertz CT molecular complexity index is 929. The number of benzene rings is 2. The van der Waals surface area contributed by atoms with E-state index in [9.17, 15) is 9.59 Å². The molecule has 0 aliphatic carbocycles. The molecule has 172 valence electrons. The van der Waals surface area contributed by atoms with E-state index in [2.05, 4.69) is 0 Å². The first-order valence-electron chi connectivity index (χ1n) is 10.7. The van der Waals surface area contributed by atoms with E-state index in [1.165, 1.54) is 12.2 Å². The van der Waals surface area contributed by atoms with E-state index in [1.54, 1.807) is 42.1 Å². The van der Waals surface area contributed by atoms with Gasteiger partial charge in [-0.15, -0.1) is 0 Å². The second kappa shape index (κ2) is 12.2. The van der Waals surface area contributed by atoms with Crippen LogP contribution in [0.4, 0.5) is 11.4 Å². The maximum absolute atomic E-state index is 13.5. The van der Waals surface area contributed by atoms with Crippen LogP contribution in [0, 0.1) is 0 Å². The Balaban J connectivity index is 1.87. The fourth-order valence-electron chi connectivity index (χ4n) is 3.61. The minimum atomic E-state index is -0.0711. The molecule has 1 unspecified atom stereocenters. The molecule has 0 aromatic heterocycles. The Labute approximate surface area is 208 Å². The van der Waals surface area contributed by atoms with Gasteiger partial charge in [0.25, 0.3) is 0 Å². The molecule has 4 nitrogen and oxygen atoms in total. The first kappa shape index (κ1) is 25.3. The van der Waals surface area contributed by atoms with E-state index in [0.29, 0.717) is 33.1 Å². The molecule has 8 heteroatoms. The lowest BCUT2D eigenvalue weighted by Gasteiger charge is -2.27. The smallest absolute Gasteiger partial charge is 0.231 e. The van der Waals surface area contributed by atoms with Crippen LogP contribution in [0.25, 0.3) is 0 Å². The molecule has 1 aliphatic rings. The highest BCUT2D eigenvalue weighted by Gasteiger charge is 2.26. The van der Waals surface area contributed by atoms with Crippen molar-refractivity contribution in [1.82, 2.24) is 4.90 Å². The van der Waals surface area contributed by atoms with Crippen LogP contribution in [0.5, 0.6) is 0 Å².